The van der Waals surface area contributed by atoms with E-state index in [1.54, 1.807) is 0 Å². The smallest absolute Gasteiger partial charge is 0.246 e. The van der Waals surface area contributed by atoms with Gasteiger partial charge in [0.2, 0.25) is 5.91 Å². The highest BCUT2D eigenvalue weighted by Gasteiger charge is 1.99. The topological polar surface area (TPSA) is 29.1 Å². The minimum atomic E-state index is 0.0636. The fraction of sp³-hybridized carbons (Fsp3) is 0.667. The van der Waals surface area contributed by atoms with Crippen LogP contribution in [-0.4, -0.2) is 12.5 Å². The summed E-state index contributed by atoms with van der Waals surface area (Å²) in [6, 6.07) is 0. The molecule has 0 atom stereocenters. The normalized spacial score (nSPS) is 11.4. The van der Waals surface area contributed by atoms with Crippen molar-refractivity contribution in [2.75, 3.05) is 6.54 Å². The molecule has 0 saturated carbocycles. The number of allylic oxidation sites excluding steroid dienone is 1. The van der Waals surface area contributed by atoms with E-state index in [1.807, 2.05) is 26.8 Å². The average Bonchev–Trinajstić information content (AvgIpc) is 2.00. The van der Waals surface area contributed by atoms with Gasteiger partial charge in [-0.1, -0.05) is 19.9 Å². The lowest BCUT2D eigenvalue weighted by molar-refractivity contribution is -0.117. The zero-order chi connectivity index (χ0) is 8.69. The summed E-state index contributed by atoms with van der Waals surface area (Å²) < 4.78 is 0. The fourth-order valence-electron chi connectivity index (χ4n) is 0.777. The van der Waals surface area contributed by atoms with E-state index in [2.05, 4.69) is 5.32 Å². The highest BCUT2D eigenvalue weighted by molar-refractivity contribution is 5.92. The van der Waals surface area contributed by atoms with Gasteiger partial charge in [-0.05, 0) is 19.8 Å². The highest BCUT2D eigenvalue weighted by Crippen LogP contribution is 1.94. The number of rotatable bonds is 4. The van der Waals surface area contributed by atoms with Crippen LogP contribution in [0, 0.1) is 0 Å². The molecule has 0 spiro atoms. The van der Waals surface area contributed by atoms with Crippen molar-refractivity contribution >= 4 is 5.91 Å². The fourth-order valence-corrected chi connectivity index (χ4v) is 0.777. The summed E-state index contributed by atoms with van der Waals surface area (Å²) in [5, 5.41) is 2.81. The SMILES string of the molecule is CCC=C(C)C(=O)NCCC. The zero-order valence-corrected chi connectivity index (χ0v) is 7.61. The Bertz CT molecular complexity index is 150. The van der Waals surface area contributed by atoms with Gasteiger partial charge in [0, 0.05) is 12.1 Å². The van der Waals surface area contributed by atoms with E-state index in [4.69, 9.17) is 0 Å². The summed E-state index contributed by atoms with van der Waals surface area (Å²) >= 11 is 0. The van der Waals surface area contributed by atoms with Crippen molar-refractivity contribution in [3.63, 3.8) is 0 Å². The summed E-state index contributed by atoms with van der Waals surface area (Å²) in [5.41, 5.74) is 0.820. The molecule has 2 nitrogen and oxygen atoms in total. The molecule has 1 amide bonds. The van der Waals surface area contributed by atoms with Crippen LogP contribution in [0.15, 0.2) is 11.6 Å². The lowest BCUT2D eigenvalue weighted by Crippen LogP contribution is -2.24. The van der Waals surface area contributed by atoms with Crippen molar-refractivity contribution in [2.45, 2.75) is 33.6 Å². The Hall–Kier alpha value is -0.790. The Morgan fingerprint density at radius 2 is 2.09 bits per heavy atom. The molecule has 0 saturated heterocycles. The minimum Gasteiger partial charge on any atom is -0.352 e. The minimum absolute atomic E-state index is 0.0636. The van der Waals surface area contributed by atoms with Crippen LogP contribution in [0.5, 0.6) is 0 Å². The third-order valence-corrected chi connectivity index (χ3v) is 1.40. The van der Waals surface area contributed by atoms with E-state index < -0.39 is 0 Å². The van der Waals surface area contributed by atoms with Gasteiger partial charge in [0.05, 0.1) is 0 Å². The van der Waals surface area contributed by atoms with Gasteiger partial charge in [-0.25, -0.2) is 0 Å². The molecule has 0 fully saturated rings. The maximum Gasteiger partial charge on any atom is 0.246 e. The molecule has 1 N–H and O–H groups in total. The molecule has 0 heterocycles. The molecule has 0 rings (SSSR count). The first-order valence-electron chi connectivity index (χ1n) is 4.17. The van der Waals surface area contributed by atoms with Crippen LogP contribution in [0.4, 0.5) is 0 Å². The first-order chi connectivity index (χ1) is 5.22. The van der Waals surface area contributed by atoms with Crippen molar-refractivity contribution in [1.29, 1.82) is 0 Å². The second kappa shape index (κ2) is 5.96. The Labute approximate surface area is 68.7 Å². The predicted molar refractivity (Wildman–Crippen MR) is 47.3 cm³/mol. The van der Waals surface area contributed by atoms with Crippen LogP contribution in [0.1, 0.15) is 33.6 Å². The second-order valence-corrected chi connectivity index (χ2v) is 2.55. The van der Waals surface area contributed by atoms with E-state index in [9.17, 15) is 4.79 Å². The van der Waals surface area contributed by atoms with Crippen molar-refractivity contribution in [2.24, 2.45) is 0 Å². The van der Waals surface area contributed by atoms with Gasteiger partial charge in [-0.15, -0.1) is 0 Å². The van der Waals surface area contributed by atoms with Crippen LogP contribution >= 0.6 is 0 Å². The second-order valence-electron chi connectivity index (χ2n) is 2.55. The summed E-state index contributed by atoms with van der Waals surface area (Å²) in [4.78, 5) is 11.1. The van der Waals surface area contributed by atoms with Gasteiger partial charge in [0.25, 0.3) is 0 Å². The Balaban J connectivity index is 3.73. The monoisotopic (exact) mass is 155 g/mol. The third-order valence-electron chi connectivity index (χ3n) is 1.40. The van der Waals surface area contributed by atoms with E-state index in [1.165, 1.54) is 0 Å². The van der Waals surface area contributed by atoms with Gasteiger partial charge < -0.3 is 5.32 Å². The van der Waals surface area contributed by atoms with Gasteiger partial charge in [-0.2, -0.15) is 0 Å². The molecular formula is C9H17NO. The summed E-state index contributed by atoms with van der Waals surface area (Å²) in [7, 11) is 0. The lowest BCUT2D eigenvalue weighted by atomic mass is 10.2. The van der Waals surface area contributed by atoms with Gasteiger partial charge in [0.15, 0.2) is 0 Å². The molecule has 0 aliphatic carbocycles. The summed E-state index contributed by atoms with van der Waals surface area (Å²) in [6.45, 7) is 6.68. The molecule has 64 valence electrons. The molecule has 11 heavy (non-hydrogen) atoms. The van der Waals surface area contributed by atoms with E-state index in [-0.39, 0.29) is 5.91 Å². The molecule has 0 aromatic heterocycles. The predicted octanol–water partition coefficient (Wildman–Crippen LogP) is 1.87. The molecule has 0 bridgehead atoms. The zero-order valence-electron chi connectivity index (χ0n) is 7.61. The van der Waals surface area contributed by atoms with Crippen LogP contribution in [0.2, 0.25) is 0 Å². The van der Waals surface area contributed by atoms with Crippen molar-refractivity contribution in [3.8, 4) is 0 Å². The van der Waals surface area contributed by atoms with Crippen molar-refractivity contribution < 1.29 is 4.79 Å². The maximum absolute atomic E-state index is 11.1. The van der Waals surface area contributed by atoms with E-state index in [0.29, 0.717) is 0 Å². The lowest BCUT2D eigenvalue weighted by Gasteiger charge is -2.01. The molecule has 0 unspecified atom stereocenters. The molecule has 2 heteroatoms. The average molecular weight is 155 g/mol. The van der Waals surface area contributed by atoms with Crippen LogP contribution in [0.3, 0.4) is 0 Å². The molecular weight excluding hydrogens is 138 g/mol. The molecule has 0 aromatic carbocycles. The number of carbonyl (C=O) groups excluding carboxylic acids is 1. The van der Waals surface area contributed by atoms with E-state index >= 15 is 0 Å². The molecule has 0 aromatic rings. The first-order valence-corrected chi connectivity index (χ1v) is 4.17. The third kappa shape index (κ3) is 4.59. The molecule has 0 aliphatic rings. The molecule has 0 aliphatic heterocycles. The number of amides is 1. The first kappa shape index (κ1) is 10.2. The Morgan fingerprint density at radius 3 is 2.55 bits per heavy atom. The van der Waals surface area contributed by atoms with Gasteiger partial charge in [-0.3, -0.25) is 4.79 Å². The largest absolute Gasteiger partial charge is 0.352 e. The Kier molecular flexibility index (Phi) is 5.53. The highest BCUT2D eigenvalue weighted by atomic mass is 16.1. The van der Waals surface area contributed by atoms with Gasteiger partial charge >= 0.3 is 0 Å². The quantitative estimate of drug-likeness (QED) is 0.617. The Morgan fingerprint density at radius 1 is 1.45 bits per heavy atom. The standard InChI is InChI=1S/C9H17NO/c1-4-6-8(3)9(11)10-7-5-2/h6H,4-5,7H2,1-3H3,(H,10,11). The van der Waals surface area contributed by atoms with Crippen LogP contribution in [-0.2, 0) is 4.79 Å². The number of hydrogen-bond acceptors (Lipinski definition) is 1. The summed E-state index contributed by atoms with van der Waals surface area (Å²) in [6.07, 6.45) is 3.85. The maximum atomic E-state index is 11.1. The van der Waals surface area contributed by atoms with Crippen molar-refractivity contribution in [3.05, 3.63) is 11.6 Å². The summed E-state index contributed by atoms with van der Waals surface area (Å²) in [5.74, 6) is 0.0636. The van der Waals surface area contributed by atoms with E-state index in [0.717, 1.165) is 25.0 Å². The number of carbonyl (C=O) groups is 1. The number of nitrogens with one attached hydrogen (secondary N) is 1. The molecule has 0 radical (unpaired) electrons. The number of hydrogen-bond donors (Lipinski definition) is 1. The van der Waals surface area contributed by atoms with Crippen molar-refractivity contribution in [1.82, 2.24) is 5.32 Å². The van der Waals surface area contributed by atoms with Crippen LogP contribution in [0.25, 0.3) is 0 Å². The van der Waals surface area contributed by atoms with Crippen LogP contribution < -0.4 is 5.32 Å². The van der Waals surface area contributed by atoms with Gasteiger partial charge in [0.1, 0.15) is 0 Å².